The van der Waals surface area contributed by atoms with Gasteiger partial charge in [-0.3, -0.25) is 4.79 Å². The second-order valence-corrected chi connectivity index (χ2v) is 9.43. The van der Waals surface area contributed by atoms with Crippen molar-refractivity contribution in [2.24, 2.45) is 5.10 Å². The number of nitrogens with zero attached hydrogens (tertiary/aromatic N) is 3. The van der Waals surface area contributed by atoms with Crippen LogP contribution in [0.25, 0.3) is 10.9 Å². The SMILES string of the molecule is CCOc1cc(C=Nn2c([C@H](C)CC)nc3ccc(Br)cc3c2=O)c(Br)c(Cl)c1OCC(=O)O. The summed E-state index contributed by atoms with van der Waals surface area (Å²) in [4.78, 5) is 28.9. The maximum absolute atomic E-state index is 13.3. The molecule has 1 aromatic heterocycles. The number of rotatable bonds is 9. The van der Waals surface area contributed by atoms with Gasteiger partial charge in [0.2, 0.25) is 0 Å². The minimum atomic E-state index is -1.15. The van der Waals surface area contributed by atoms with Crippen LogP contribution < -0.4 is 15.0 Å². The molecule has 0 spiro atoms. The highest BCUT2D eigenvalue weighted by molar-refractivity contribution is 9.10. The predicted octanol–water partition coefficient (Wildman–Crippen LogP) is 5.83. The van der Waals surface area contributed by atoms with Crippen LogP contribution in [0.1, 0.15) is 44.5 Å². The van der Waals surface area contributed by atoms with E-state index in [1.807, 2.05) is 19.9 Å². The molecule has 0 bridgehead atoms. The average molecular weight is 616 g/mol. The molecule has 8 nitrogen and oxygen atoms in total. The van der Waals surface area contributed by atoms with Crippen LogP contribution in [0.2, 0.25) is 5.02 Å². The number of aromatic nitrogens is 2. The zero-order chi connectivity index (χ0) is 25.0. The highest BCUT2D eigenvalue weighted by Gasteiger charge is 2.19. The second-order valence-electron chi connectivity index (χ2n) is 7.34. The molecule has 0 fully saturated rings. The summed E-state index contributed by atoms with van der Waals surface area (Å²) in [5.74, 6) is -0.270. The number of benzene rings is 2. The van der Waals surface area contributed by atoms with E-state index >= 15 is 0 Å². The van der Waals surface area contributed by atoms with Crippen LogP contribution in [-0.4, -0.2) is 40.2 Å². The summed E-state index contributed by atoms with van der Waals surface area (Å²) < 4.78 is 13.4. The first-order valence-corrected chi connectivity index (χ1v) is 12.4. The van der Waals surface area contributed by atoms with Crippen molar-refractivity contribution in [1.82, 2.24) is 9.66 Å². The molecule has 11 heteroatoms. The molecule has 3 rings (SSSR count). The number of fused-ring (bicyclic) bond motifs is 1. The third-order valence-corrected chi connectivity index (χ3v) is 6.93. The van der Waals surface area contributed by atoms with Gasteiger partial charge in [0.15, 0.2) is 18.1 Å². The molecule has 0 aliphatic heterocycles. The summed E-state index contributed by atoms with van der Waals surface area (Å²) in [5, 5.41) is 14.0. The van der Waals surface area contributed by atoms with Crippen LogP contribution in [0, 0.1) is 0 Å². The van der Waals surface area contributed by atoms with Crippen molar-refractivity contribution in [1.29, 1.82) is 0 Å². The van der Waals surface area contributed by atoms with Crippen LogP contribution >= 0.6 is 43.5 Å². The van der Waals surface area contributed by atoms with Crippen molar-refractivity contribution in [3.63, 3.8) is 0 Å². The largest absolute Gasteiger partial charge is 0.490 e. The molecular formula is C23H22Br2ClN3O5. The molecule has 34 heavy (non-hydrogen) atoms. The van der Waals surface area contributed by atoms with E-state index in [0.29, 0.717) is 33.4 Å². The number of carbonyl (C=O) groups is 1. The van der Waals surface area contributed by atoms with E-state index in [4.69, 9.17) is 31.2 Å². The lowest BCUT2D eigenvalue weighted by Gasteiger charge is -2.16. The van der Waals surface area contributed by atoms with Gasteiger partial charge < -0.3 is 14.6 Å². The third kappa shape index (κ3) is 5.61. The first kappa shape index (κ1) is 26.2. The fraction of sp³-hybridized carbons (Fsp3) is 0.304. The lowest BCUT2D eigenvalue weighted by Crippen LogP contribution is -2.23. The Labute approximate surface area is 217 Å². The summed E-state index contributed by atoms with van der Waals surface area (Å²) >= 11 is 13.3. The summed E-state index contributed by atoms with van der Waals surface area (Å²) in [6.07, 6.45) is 2.24. The molecule has 3 aromatic rings. The van der Waals surface area contributed by atoms with E-state index in [1.165, 1.54) is 10.9 Å². The van der Waals surface area contributed by atoms with Gasteiger partial charge in [-0.25, -0.2) is 9.78 Å². The number of halogens is 3. The van der Waals surface area contributed by atoms with Crippen LogP contribution in [0.5, 0.6) is 11.5 Å². The smallest absolute Gasteiger partial charge is 0.341 e. The van der Waals surface area contributed by atoms with Crippen molar-refractivity contribution in [3.05, 3.63) is 60.0 Å². The van der Waals surface area contributed by atoms with Gasteiger partial charge in [-0.15, -0.1) is 0 Å². The van der Waals surface area contributed by atoms with Crippen LogP contribution in [0.4, 0.5) is 0 Å². The fourth-order valence-corrected chi connectivity index (χ4v) is 4.14. The summed E-state index contributed by atoms with van der Waals surface area (Å²) in [7, 11) is 0. The Balaban J connectivity index is 2.16. The minimum absolute atomic E-state index is 0.0179. The zero-order valence-corrected chi connectivity index (χ0v) is 22.6. The van der Waals surface area contributed by atoms with Gasteiger partial charge in [0.25, 0.3) is 5.56 Å². The summed E-state index contributed by atoms with van der Waals surface area (Å²) in [6, 6.07) is 6.96. The van der Waals surface area contributed by atoms with E-state index in [9.17, 15) is 9.59 Å². The first-order valence-electron chi connectivity index (χ1n) is 10.4. The fourth-order valence-electron chi connectivity index (χ4n) is 3.13. The summed E-state index contributed by atoms with van der Waals surface area (Å²) in [5.41, 5.74) is 0.803. The molecule has 0 aliphatic rings. The molecule has 2 aromatic carbocycles. The average Bonchev–Trinajstić information content (AvgIpc) is 2.80. The van der Waals surface area contributed by atoms with E-state index < -0.39 is 12.6 Å². The van der Waals surface area contributed by atoms with Crippen molar-refractivity contribution >= 4 is 66.5 Å². The van der Waals surface area contributed by atoms with Gasteiger partial charge in [0, 0.05) is 20.4 Å². The molecule has 1 heterocycles. The van der Waals surface area contributed by atoms with Gasteiger partial charge in [0.05, 0.1) is 23.7 Å². The second kappa shape index (κ2) is 11.3. The van der Waals surface area contributed by atoms with Crippen molar-refractivity contribution in [2.75, 3.05) is 13.2 Å². The lowest BCUT2D eigenvalue weighted by molar-refractivity contribution is -0.139. The Morgan fingerprint density at radius 2 is 2.03 bits per heavy atom. The molecule has 0 saturated heterocycles. The zero-order valence-electron chi connectivity index (χ0n) is 18.6. The van der Waals surface area contributed by atoms with Gasteiger partial charge in [-0.1, -0.05) is 41.4 Å². The molecule has 0 radical (unpaired) electrons. The number of aliphatic carboxylic acids is 1. The van der Waals surface area contributed by atoms with Crippen LogP contribution in [-0.2, 0) is 4.79 Å². The number of hydrogen-bond donors (Lipinski definition) is 1. The molecule has 0 amide bonds. The summed E-state index contributed by atoms with van der Waals surface area (Å²) in [6.45, 7) is 5.50. The molecular weight excluding hydrogens is 594 g/mol. The molecule has 1 atom stereocenters. The monoisotopic (exact) mass is 613 g/mol. The van der Waals surface area contributed by atoms with E-state index in [1.54, 1.807) is 25.1 Å². The van der Waals surface area contributed by atoms with Crippen LogP contribution in [0.3, 0.4) is 0 Å². The molecule has 180 valence electrons. The maximum atomic E-state index is 13.3. The van der Waals surface area contributed by atoms with Gasteiger partial charge in [-0.05, 0) is 53.5 Å². The van der Waals surface area contributed by atoms with Gasteiger partial charge >= 0.3 is 5.97 Å². The molecule has 1 N–H and O–H groups in total. The van der Waals surface area contributed by atoms with E-state index in [-0.39, 0.29) is 28.0 Å². The molecule has 0 unspecified atom stereocenters. The number of carboxylic acid groups (broad SMARTS) is 1. The van der Waals surface area contributed by atoms with E-state index in [2.05, 4.69) is 37.0 Å². The maximum Gasteiger partial charge on any atom is 0.341 e. The minimum Gasteiger partial charge on any atom is -0.490 e. The van der Waals surface area contributed by atoms with Gasteiger partial charge in [0.1, 0.15) is 10.8 Å². The Bertz CT molecular complexity index is 1330. The molecule has 0 aliphatic carbocycles. The van der Waals surface area contributed by atoms with E-state index in [0.717, 1.165) is 10.9 Å². The number of ether oxygens (including phenoxy) is 2. The normalized spacial score (nSPS) is 12.3. The van der Waals surface area contributed by atoms with Gasteiger partial charge in [-0.2, -0.15) is 9.78 Å². The number of carboxylic acids is 1. The van der Waals surface area contributed by atoms with Crippen molar-refractivity contribution < 1.29 is 19.4 Å². The lowest BCUT2D eigenvalue weighted by atomic mass is 10.1. The highest BCUT2D eigenvalue weighted by Crippen LogP contribution is 2.42. The van der Waals surface area contributed by atoms with Crippen LogP contribution in [0.15, 0.2) is 43.1 Å². The molecule has 0 saturated carbocycles. The first-order chi connectivity index (χ1) is 16.2. The highest BCUT2D eigenvalue weighted by atomic mass is 79.9. The Morgan fingerprint density at radius 1 is 1.29 bits per heavy atom. The Kier molecular flexibility index (Phi) is 8.72. The quantitative estimate of drug-likeness (QED) is 0.304. The van der Waals surface area contributed by atoms with Crippen molar-refractivity contribution in [2.45, 2.75) is 33.1 Å². The third-order valence-electron chi connectivity index (χ3n) is 4.99. The van der Waals surface area contributed by atoms with Crippen molar-refractivity contribution in [3.8, 4) is 11.5 Å². The standard InChI is InChI=1S/C23H22Br2ClN3O5/c1-4-12(3)22-28-16-7-6-14(24)9-15(16)23(32)29(22)27-10-13-8-17(33-5-2)21(20(26)19(13)25)34-11-18(30)31/h6-10,12H,4-5,11H2,1-3H3,(H,30,31)/t12-/m1/s1. The predicted molar refractivity (Wildman–Crippen MR) is 139 cm³/mol. The Hall–Kier alpha value is -2.43. The topological polar surface area (TPSA) is 103 Å². The Morgan fingerprint density at radius 3 is 2.68 bits per heavy atom. The number of hydrogen-bond acceptors (Lipinski definition) is 6.